The van der Waals surface area contributed by atoms with Crippen LogP contribution in [0, 0.1) is 5.92 Å². The summed E-state index contributed by atoms with van der Waals surface area (Å²) in [7, 11) is 2.28. The van der Waals surface area contributed by atoms with E-state index in [-0.39, 0.29) is 0 Å². The molecule has 1 fully saturated rings. The van der Waals surface area contributed by atoms with Crippen LogP contribution in [0.1, 0.15) is 39.5 Å². The summed E-state index contributed by atoms with van der Waals surface area (Å²) in [5.74, 6) is 0.849. The zero-order valence-corrected chi connectivity index (χ0v) is 10.1. The van der Waals surface area contributed by atoms with Crippen LogP contribution in [-0.4, -0.2) is 37.6 Å². The maximum atomic E-state index is 3.51. The molecular weight excluding hydrogens is 172 g/mol. The van der Waals surface area contributed by atoms with Gasteiger partial charge in [0.2, 0.25) is 0 Å². The van der Waals surface area contributed by atoms with Crippen molar-refractivity contribution in [2.75, 3.05) is 26.7 Å². The third-order valence-corrected chi connectivity index (χ3v) is 3.28. The van der Waals surface area contributed by atoms with Crippen molar-refractivity contribution >= 4 is 0 Å². The fourth-order valence-corrected chi connectivity index (χ4v) is 2.26. The molecule has 0 spiro atoms. The minimum absolute atomic E-state index is 0.774. The van der Waals surface area contributed by atoms with Gasteiger partial charge in [0, 0.05) is 12.6 Å². The van der Waals surface area contributed by atoms with E-state index in [0.29, 0.717) is 0 Å². The van der Waals surface area contributed by atoms with Crippen LogP contribution in [0.3, 0.4) is 0 Å². The van der Waals surface area contributed by atoms with Crippen molar-refractivity contribution in [3.05, 3.63) is 0 Å². The number of hydrogen-bond acceptors (Lipinski definition) is 2. The molecule has 0 bridgehead atoms. The van der Waals surface area contributed by atoms with Crippen LogP contribution in [0.15, 0.2) is 0 Å². The van der Waals surface area contributed by atoms with E-state index in [1.807, 2.05) is 0 Å². The fourth-order valence-electron chi connectivity index (χ4n) is 2.26. The summed E-state index contributed by atoms with van der Waals surface area (Å²) < 4.78 is 0. The van der Waals surface area contributed by atoms with Crippen LogP contribution in [0.2, 0.25) is 0 Å². The minimum Gasteiger partial charge on any atom is -0.315 e. The molecule has 84 valence electrons. The molecule has 2 heteroatoms. The van der Waals surface area contributed by atoms with E-state index in [1.54, 1.807) is 0 Å². The lowest BCUT2D eigenvalue weighted by Crippen LogP contribution is -2.47. The summed E-state index contributed by atoms with van der Waals surface area (Å²) in [6, 6.07) is 0.774. The van der Waals surface area contributed by atoms with Gasteiger partial charge in [-0.3, -0.25) is 0 Å². The molecule has 2 nitrogen and oxygen atoms in total. The molecule has 0 aliphatic carbocycles. The number of rotatable bonds is 5. The predicted molar refractivity (Wildman–Crippen MR) is 62.6 cm³/mol. The molecule has 2 unspecified atom stereocenters. The first-order valence-corrected chi connectivity index (χ1v) is 6.15. The highest BCUT2D eigenvalue weighted by Gasteiger charge is 2.21. The number of hydrogen-bond donors (Lipinski definition) is 1. The molecule has 0 radical (unpaired) electrons. The summed E-state index contributed by atoms with van der Waals surface area (Å²) >= 11 is 0. The minimum atomic E-state index is 0.774. The maximum Gasteiger partial charge on any atom is 0.0220 e. The Labute approximate surface area is 89.1 Å². The number of unbranched alkanes of at least 4 members (excludes halogenated alkanes) is 2. The lowest BCUT2D eigenvalue weighted by Gasteiger charge is -2.34. The van der Waals surface area contributed by atoms with Crippen molar-refractivity contribution in [3.63, 3.8) is 0 Å². The van der Waals surface area contributed by atoms with Crippen LogP contribution in [0.5, 0.6) is 0 Å². The molecule has 0 aromatic carbocycles. The van der Waals surface area contributed by atoms with Gasteiger partial charge in [-0.2, -0.15) is 0 Å². The molecule has 1 heterocycles. The highest BCUT2D eigenvalue weighted by molar-refractivity contribution is 4.79. The second-order valence-electron chi connectivity index (χ2n) is 4.84. The van der Waals surface area contributed by atoms with E-state index < -0.39 is 0 Å². The van der Waals surface area contributed by atoms with Crippen LogP contribution in [0.4, 0.5) is 0 Å². The molecule has 0 aromatic heterocycles. The quantitative estimate of drug-likeness (QED) is 0.681. The number of likely N-dealkylation sites (N-methyl/N-ethyl adjacent to an activating group) is 1. The summed E-state index contributed by atoms with van der Waals surface area (Å²) in [6.45, 7) is 8.28. The van der Waals surface area contributed by atoms with E-state index in [0.717, 1.165) is 12.0 Å². The number of nitrogens with one attached hydrogen (secondary N) is 1. The molecule has 2 atom stereocenters. The monoisotopic (exact) mass is 198 g/mol. The first kappa shape index (κ1) is 12.0. The predicted octanol–water partition coefficient (Wildman–Crippen LogP) is 2.11. The summed E-state index contributed by atoms with van der Waals surface area (Å²) in [4.78, 5) is 2.54. The highest BCUT2D eigenvalue weighted by atomic mass is 15.2. The molecule has 1 rings (SSSR count). The Morgan fingerprint density at radius 2 is 2.07 bits per heavy atom. The van der Waals surface area contributed by atoms with E-state index in [9.17, 15) is 0 Å². The SMILES string of the molecule is CCCCCN(C)C1CNCC(C)C1. The second kappa shape index (κ2) is 6.41. The number of nitrogens with zero attached hydrogens (tertiary/aromatic N) is 1. The lowest BCUT2D eigenvalue weighted by atomic mass is 9.96. The summed E-state index contributed by atoms with van der Waals surface area (Å²) in [5.41, 5.74) is 0. The van der Waals surface area contributed by atoms with E-state index >= 15 is 0 Å². The van der Waals surface area contributed by atoms with Crippen molar-refractivity contribution in [2.45, 2.75) is 45.6 Å². The smallest absolute Gasteiger partial charge is 0.0220 e. The van der Waals surface area contributed by atoms with Crippen molar-refractivity contribution < 1.29 is 0 Å². The summed E-state index contributed by atoms with van der Waals surface area (Å²) in [5, 5.41) is 3.51. The zero-order valence-electron chi connectivity index (χ0n) is 10.1. The van der Waals surface area contributed by atoms with Gasteiger partial charge in [0.1, 0.15) is 0 Å². The Morgan fingerprint density at radius 3 is 2.71 bits per heavy atom. The van der Waals surface area contributed by atoms with Crippen molar-refractivity contribution in [1.29, 1.82) is 0 Å². The molecule has 1 aliphatic rings. The highest BCUT2D eigenvalue weighted by Crippen LogP contribution is 2.14. The van der Waals surface area contributed by atoms with Gasteiger partial charge in [-0.25, -0.2) is 0 Å². The van der Waals surface area contributed by atoms with Gasteiger partial charge in [-0.05, 0) is 38.9 Å². The second-order valence-corrected chi connectivity index (χ2v) is 4.84. The van der Waals surface area contributed by atoms with Crippen molar-refractivity contribution in [1.82, 2.24) is 10.2 Å². The van der Waals surface area contributed by atoms with E-state index in [4.69, 9.17) is 0 Å². The Hall–Kier alpha value is -0.0800. The van der Waals surface area contributed by atoms with E-state index in [2.05, 4.69) is 31.1 Å². The fraction of sp³-hybridized carbons (Fsp3) is 1.00. The first-order chi connectivity index (χ1) is 6.74. The summed E-state index contributed by atoms with van der Waals surface area (Å²) in [6.07, 6.45) is 5.43. The van der Waals surface area contributed by atoms with Gasteiger partial charge in [0.15, 0.2) is 0 Å². The van der Waals surface area contributed by atoms with Crippen molar-refractivity contribution in [2.24, 2.45) is 5.92 Å². The van der Waals surface area contributed by atoms with Gasteiger partial charge >= 0.3 is 0 Å². The molecule has 14 heavy (non-hydrogen) atoms. The largest absolute Gasteiger partial charge is 0.315 e. The number of piperidine rings is 1. The van der Waals surface area contributed by atoms with Crippen LogP contribution in [0.25, 0.3) is 0 Å². The van der Waals surface area contributed by atoms with Gasteiger partial charge in [0.05, 0.1) is 0 Å². The molecule has 1 N–H and O–H groups in total. The van der Waals surface area contributed by atoms with Crippen LogP contribution >= 0.6 is 0 Å². The zero-order chi connectivity index (χ0) is 10.4. The Morgan fingerprint density at radius 1 is 1.29 bits per heavy atom. The van der Waals surface area contributed by atoms with Gasteiger partial charge < -0.3 is 10.2 Å². The molecule has 0 saturated carbocycles. The van der Waals surface area contributed by atoms with Gasteiger partial charge in [0.25, 0.3) is 0 Å². The molecule has 0 aromatic rings. The van der Waals surface area contributed by atoms with Crippen LogP contribution < -0.4 is 5.32 Å². The van der Waals surface area contributed by atoms with Gasteiger partial charge in [-0.1, -0.05) is 26.7 Å². The average molecular weight is 198 g/mol. The molecular formula is C12H26N2. The lowest BCUT2D eigenvalue weighted by molar-refractivity contribution is 0.174. The maximum absolute atomic E-state index is 3.51. The topological polar surface area (TPSA) is 15.3 Å². The normalized spacial score (nSPS) is 28.3. The Bertz CT molecular complexity index is 147. The van der Waals surface area contributed by atoms with Gasteiger partial charge in [-0.15, -0.1) is 0 Å². The average Bonchev–Trinajstić information content (AvgIpc) is 2.18. The first-order valence-electron chi connectivity index (χ1n) is 6.15. The molecule has 1 saturated heterocycles. The van der Waals surface area contributed by atoms with Crippen LogP contribution in [-0.2, 0) is 0 Å². The van der Waals surface area contributed by atoms with E-state index in [1.165, 1.54) is 45.3 Å². The Balaban J connectivity index is 2.18. The van der Waals surface area contributed by atoms with Crippen molar-refractivity contribution in [3.8, 4) is 0 Å². The standard InChI is InChI=1S/C12H26N2/c1-4-5-6-7-14(3)12-8-11(2)9-13-10-12/h11-13H,4-10H2,1-3H3. The molecule has 0 amide bonds. The third kappa shape index (κ3) is 3.97. The Kier molecular flexibility index (Phi) is 5.49. The third-order valence-electron chi connectivity index (χ3n) is 3.28. The molecule has 1 aliphatic heterocycles.